The molecule has 0 unspecified atom stereocenters. The maximum Gasteiger partial charge on any atom is 0.266 e. The van der Waals surface area contributed by atoms with Gasteiger partial charge in [0.25, 0.3) is 10.0 Å². The SMILES string of the molecule is N#Cc1ccccc1S(=O)(=O)N(CC(=O)N1CCCCCC1)c1ccccc1. The van der Waals surface area contributed by atoms with Crippen molar-refractivity contribution in [3.05, 3.63) is 60.2 Å². The number of carbonyl (C=O) groups is 1. The van der Waals surface area contributed by atoms with Crippen LogP contribution in [0.3, 0.4) is 0 Å². The third-order valence-corrected chi connectivity index (χ3v) is 6.69. The summed E-state index contributed by atoms with van der Waals surface area (Å²) in [4.78, 5) is 14.6. The van der Waals surface area contributed by atoms with Crippen molar-refractivity contribution >= 4 is 21.6 Å². The standard InChI is InChI=1S/C21H23N3O3S/c22-16-18-10-6-7-13-20(18)28(26,27)24(19-11-4-3-5-12-19)17-21(25)23-14-8-1-2-9-15-23/h3-7,10-13H,1-2,8-9,14-15,17H2. The number of likely N-dealkylation sites (tertiary alicyclic amines) is 1. The van der Waals surface area contributed by atoms with E-state index < -0.39 is 10.0 Å². The number of hydrogen-bond donors (Lipinski definition) is 0. The molecule has 1 aliphatic rings. The predicted molar refractivity (Wildman–Crippen MR) is 107 cm³/mol. The number of hydrogen-bond acceptors (Lipinski definition) is 4. The first-order valence-electron chi connectivity index (χ1n) is 9.39. The van der Waals surface area contributed by atoms with Crippen LogP contribution < -0.4 is 4.31 Å². The third kappa shape index (κ3) is 4.34. The van der Waals surface area contributed by atoms with Gasteiger partial charge in [-0.2, -0.15) is 5.26 Å². The molecule has 0 bridgehead atoms. The maximum atomic E-state index is 13.4. The van der Waals surface area contributed by atoms with Crippen LogP contribution in [0.1, 0.15) is 31.2 Å². The lowest BCUT2D eigenvalue weighted by Gasteiger charge is -2.28. The molecule has 1 saturated heterocycles. The molecule has 0 radical (unpaired) electrons. The highest BCUT2D eigenvalue weighted by molar-refractivity contribution is 7.93. The summed E-state index contributed by atoms with van der Waals surface area (Å²) in [7, 11) is -4.08. The van der Waals surface area contributed by atoms with Gasteiger partial charge in [-0.05, 0) is 37.1 Å². The van der Waals surface area contributed by atoms with Gasteiger partial charge < -0.3 is 4.90 Å². The molecule has 0 aliphatic carbocycles. The second-order valence-electron chi connectivity index (χ2n) is 6.75. The Labute approximate surface area is 166 Å². The summed E-state index contributed by atoms with van der Waals surface area (Å²) in [5, 5.41) is 9.34. The molecule has 6 nitrogen and oxygen atoms in total. The molecule has 2 aromatic carbocycles. The normalized spacial score (nSPS) is 14.8. The lowest BCUT2D eigenvalue weighted by atomic mass is 10.2. The summed E-state index contributed by atoms with van der Waals surface area (Å²) >= 11 is 0. The van der Waals surface area contributed by atoms with Gasteiger partial charge in [0.2, 0.25) is 5.91 Å². The molecular formula is C21H23N3O3S. The molecular weight excluding hydrogens is 374 g/mol. The molecule has 0 spiro atoms. The van der Waals surface area contributed by atoms with E-state index in [9.17, 15) is 18.5 Å². The summed E-state index contributed by atoms with van der Waals surface area (Å²) in [5.74, 6) is -0.219. The number of rotatable bonds is 5. The zero-order valence-electron chi connectivity index (χ0n) is 15.6. The van der Waals surface area contributed by atoms with Gasteiger partial charge in [-0.25, -0.2) is 8.42 Å². The van der Waals surface area contributed by atoms with Gasteiger partial charge in [0.15, 0.2) is 0 Å². The Bertz CT molecular complexity index is 960. The predicted octanol–water partition coefficient (Wildman–Crippen LogP) is 3.16. The van der Waals surface area contributed by atoms with E-state index in [0.29, 0.717) is 18.8 Å². The monoisotopic (exact) mass is 397 g/mol. The lowest BCUT2D eigenvalue weighted by molar-refractivity contribution is -0.129. The van der Waals surface area contributed by atoms with Gasteiger partial charge in [0, 0.05) is 13.1 Å². The van der Waals surface area contributed by atoms with E-state index >= 15 is 0 Å². The number of anilines is 1. The molecule has 1 aliphatic heterocycles. The zero-order chi connectivity index (χ0) is 20.0. The maximum absolute atomic E-state index is 13.4. The number of carbonyl (C=O) groups excluding carboxylic acids is 1. The van der Waals surface area contributed by atoms with Crippen LogP contribution in [0.25, 0.3) is 0 Å². The minimum atomic E-state index is -4.08. The minimum Gasteiger partial charge on any atom is -0.341 e. The smallest absolute Gasteiger partial charge is 0.266 e. The Morgan fingerprint density at radius 3 is 2.21 bits per heavy atom. The first-order valence-corrected chi connectivity index (χ1v) is 10.8. The van der Waals surface area contributed by atoms with Gasteiger partial charge >= 0.3 is 0 Å². The van der Waals surface area contributed by atoms with Crippen molar-refractivity contribution in [2.45, 2.75) is 30.6 Å². The number of benzene rings is 2. The molecule has 146 valence electrons. The Morgan fingerprint density at radius 1 is 0.964 bits per heavy atom. The average molecular weight is 398 g/mol. The van der Waals surface area contributed by atoms with E-state index in [2.05, 4.69) is 0 Å². The molecule has 0 saturated carbocycles. The first kappa shape index (κ1) is 19.9. The molecule has 1 heterocycles. The molecule has 1 amide bonds. The fourth-order valence-corrected chi connectivity index (χ4v) is 4.91. The molecule has 0 N–H and O–H groups in total. The van der Waals surface area contributed by atoms with Crippen molar-refractivity contribution in [1.29, 1.82) is 5.26 Å². The summed E-state index contributed by atoms with van der Waals surface area (Å²) in [6.07, 6.45) is 4.03. The molecule has 7 heteroatoms. The van der Waals surface area contributed by atoms with Gasteiger partial charge in [-0.3, -0.25) is 9.10 Å². The highest BCUT2D eigenvalue weighted by atomic mass is 32.2. The Morgan fingerprint density at radius 2 is 1.57 bits per heavy atom. The molecule has 1 fully saturated rings. The number of nitrogens with zero attached hydrogens (tertiary/aromatic N) is 3. The summed E-state index contributed by atoms with van der Waals surface area (Å²) < 4.78 is 27.9. The van der Waals surface area contributed by atoms with Crippen LogP contribution in [0.2, 0.25) is 0 Å². The van der Waals surface area contributed by atoms with Crippen molar-refractivity contribution in [3.8, 4) is 6.07 Å². The largest absolute Gasteiger partial charge is 0.341 e. The van der Waals surface area contributed by atoms with Crippen LogP contribution in [0.4, 0.5) is 5.69 Å². The fraction of sp³-hybridized carbons (Fsp3) is 0.333. The first-order chi connectivity index (χ1) is 13.5. The number of amides is 1. The van der Waals surface area contributed by atoms with Crippen LogP contribution in [0.15, 0.2) is 59.5 Å². The van der Waals surface area contributed by atoms with Gasteiger partial charge in [-0.15, -0.1) is 0 Å². The summed E-state index contributed by atoms with van der Waals surface area (Å²) in [5.41, 5.74) is 0.462. The van der Waals surface area contributed by atoms with Crippen molar-refractivity contribution in [2.24, 2.45) is 0 Å². The molecule has 0 atom stereocenters. The Kier molecular flexibility index (Phi) is 6.32. The van der Waals surface area contributed by atoms with E-state index in [-0.39, 0.29) is 22.9 Å². The highest BCUT2D eigenvalue weighted by Crippen LogP contribution is 2.26. The second kappa shape index (κ2) is 8.89. The van der Waals surface area contributed by atoms with Crippen LogP contribution in [-0.2, 0) is 14.8 Å². The van der Waals surface area contributed by atoms with E-state index in [1.807, 2.05) is 6.07 Å². The van der Waals surface area contributed by atoms with Gasteiger partial charge in [-0.1, -0.05) is 43.2 Å². The Balaban J connectivity index is 1.98. The minimum absolute atomic E-state index is 0.0608. The number of sulfonamides is 1. The van der Waals surface area contributed by atoms with E-state index in [0.717, 1.165) is 30.0 Å². The lowest BCUT2D eigenvalue weighted by Crippen LogP contribution is -2.43. The second-order valence-corrected chi connectivity index (χ2v) is 8.58. The van der Waals surface area contributed by atoms with Gasteiger partial charge in [0.1, 0.15) is 17.5 Å². The highest BCUT2D eigenvalue weighted by Gasteiger charge is 2.30. The van der Waals surface area contributed by atoms with E-state index in [1.54, 1.807) is 47.4 Å². The third-order valence-electron chi connectivity index (χ3n) is 4.86. The topological polar surface area (TPSA) is 81.5 Å². The summed E-state index contributed by atoms with van der Waals surface area (Å²) in [6, 6.07) is 16.5. The van der Waals surface area contributed by atoms with Crippen molar-refractivity contribution < 1.29 is 13.2 Å². The average Bonchev–Trinajstić information content (AvgIpc) is 3.02. The molecule has 2 aromatic rings. The van der Waals surface area contributed by atoms with E-state index in [1.165, 1.54) is 12.1 Å². The zero-order valence-corrected chi connectivity index (χ0v) is 16.4. The van der Waals surface area contributed by atoms with E-state index in [4.69, 9.17) is 0 Å². The van der Waals surface area contributed by atoms with Crippen LogP contribution in [0, 0.1) is 11.3 Å². The van der Waals surface area contributed by atoms with Crippen LogP contribution >= 0.6 is 0 Å². The molecule has 3 rings (SSSR count). The van der Waals surface area contributed by atoms with Crippen molar-refractivity contribution in [1.82, 2.24) is 4.90 Å². The molecule has 0 aromatic heterocycles. The van der Waals surface area contributed by atoms with Crippen LogP contribution in [-0.4, -0.2) is 38.9 Å². The number of para-hydroxylation sites is 1. The fourth-order valence-electron chi connectivity index (χ4n) is 3.35. The summed E-state index contributed by atoms with van der Waals surface area (Å²) in [6.45, 7) is 1.01. The van der Waals surface area contributed by atoms with Crippen LogP contribution in [0.5, 0.6) is 0 Å². The quantitative estimate of drug-likeness (QED) is 0.776. The van der Waals surface area contributed by atoms with Crippen molar-refractivity contribution in [2.75, 3.05) is 23.9 Å². The Hall–Kier alpha value is -2.85. The van der Waals surface area contributed by atoms with Gasteiger partial charge in [0.05, 0.1) is 11.3 Å². The van der Waals surface area contributed by atoms with Crippen molar-refractivity contribution in [3.63, 3.8) is 0 Å². The molecule has 28 heavy (non-hydrogen) atoms. The number of nitriles is 1.